The Hall–Kier alpha value is -2.03. The maximum absolute atomic E-state index is 12.5. The molecule has 0 saturated carbocycles. The summed E-state index contributed by atoms with van der Waals surface area (Å²) in [5, 5.41) is 14.3. The number of amides is 1. The van der Waals surface area contributed by atoms with Crippen molar-refractivity contribution in [3.63, 3.8) is 0 Å². The molecule has 7 nitrogen and oxygen atoms in total. The SMILES string of the molecule is Cc1nc(NC(=O)c2cc([N+](=O)[O-])ccc2Cl)sc1CN1CCC(C)CC1. The molecule has 1 N–H and O–H groups in total. The lowest BCUT2D eigenvalue weighted by molar-refractivity contribution is -0.384. The van der Waals surface area contributed by atoms with Crippen LogP contribution in [0.5, 0.6) is 0 Å². The standard InChI is InChI=1S/C18H21ClN4O3S/c1-11-5-7-22(8-6-11)10-16-12(2)20-18(27-16)21-17(24)14-9-13(23(25)26)3-4-15(14)19/h3-4,9,11H,5-8,10H2,1-2H3,(H,20,21,24). The molecule has 0 aliphatic carbocycles. The zero-order valence-electron chi connectivity index (χ0n) is 15.2. The lowest BCUT2D eigenvalue weighted by Crippen LogP contribution is -2.32. The molecule has 1 saturated heterocycles. The normalized spacial score (nSPS) is 15.7. The average Bonchev–Trinajstić information content (AvgIpc) is 2.96. The maximum Gasteiger partial charge on any atom is 0.270 e. The van der Waals surface area contributed by atoms with Crippen LogP contribution in [0.15, 0.2) is 18.2 Å². The molecule has 2 heterocycles. The number of benzene rings is 1. The number of halogens is 1. The zero-order chi connectivity index (χ0) is 19.6. The van der Waals surface area contributed by atoms with Crippen LogP contribution in [0.4, 0.5) is 10.8 Å². The summed E-state index contributed by atoms with van der Waals surface area (Å²) in [7, 11) is 0. The van der Waals surface area contributed by atoms with E-state index in [1.807, 2.05) is 6.92 Å². The lowest BCUT2D eigenvalue weighted by atomic mass is 9.99. The molecule has 0 unspecified atom stereocenters. The number of carbonyl (C=O) groups is 1. The van der Waals surface area contributed by atoms with Crippen molar-refractivity contribution in [2.45, 2.75) is 33.2 Å². The van der Waals surface area contributed by atoms with E-state index in [-0.39, 0.29) is 16.3 Å². The number of non-ortho nitro benzene ring substituents is 1. The minimum atomic E-state index is -0.557. The van der Waals surface area contributed by atoms with Crippen molar-refractivity contribution in [1.82, 2.24) is 9.88 Å². The van der Waals surface area contributed by atoms with Gasteiger partial charge in [0.05, 0.1) is 21.2 Å². The van der Waals surface area contributed by atoms with Gasteiger partial charge in [-0.15, -0.1) is 11.3 Å². The first kappa shape index (κ1) is 19.7. The van der Waals surface area contributed by atoms with Gasteiger partial charge in [0.2, 0.25) is 0 Å². The molecule has 1 aromatic heterocycles. The molecule has 1 amide bonds. The van der Waals surface area contributed by atoms with Gasteiger partial charge in [-0.05, 0) is 44.8 Å². The monoisotopic (exact) mass is 408 g/mol. The van der Waals surface area contributed by atoms with Gasteiger partial charge in [-0.25, -0.2) is 4.98 Å². The van der Waals surface area contributed by atoms with Gasteiger partial charge in [-0.1, -0.05) is 18.5 Å². The minimum absolute atomic E-state index is 0.0605. The quantitative estimate of drug-likeness (QED) is 0.581. The number of nitrogens with one attached hydrogen (secondary N) is 1. The summed E-state index contributed by atoms with van der Waals surface area (Å²) in [6.07, 6.45) is 2.40. The van der Waals surface area contributed by atoms with Gasteiger partial charge in [0.1, 0.15) is 0 Å². The number of aryl methyl sites for hydroxylation is 1. The molecule has 0 atom stereocenters. The second-order valence-electron chi connectivity index (χ2n) is 6.86. The highest BCUT2D eigenvalue weighted by Crippen LogP contribution is 2.28. The molecule has 0 radical (unpaired) electrons. The number of hydrogen-bond acceptors (Lipinski definition) is 6. The largest absolute Gasteiger partial charge is 0.298 e. The highest BCUT2D eigenvalue weighted by Gasteiger charge is 2.20. The van der Waals surface area contributed by atoms with Crippen LogP contribution < -0.4 is 5.32 Å². The minimum Gasteiger partial charge on any atom is -0.298 e. The number of piperidine rings is 1. The Morgan fingerprint density at radius 3 is 2.81 bits per heavy atom. The van der Waals surface area contributed by atoms with E-state index < -0.39 is 10.8 Å². The van der Waals surface area contributed by atoms with Gasteiger partial charge in [-0.2, -0.15) is 0 Å². The van der Waals surface area contributed by atoms with E-state index in [9.17, 15) is 14.9 Å². The summed E-state index contributed by atoms with van der Waals surface area (Å²) in [4.78, 5) is 30.8. The fourth-order valence-corrected chi connectivity index (χ4v) is 4.22. The number of aromatic nitrogens is 1. The van der Waals surface area contributed by atoms with Crippen molar-refractivity contribution in [3.05, 3.63) is 49.5 Å². The van der Waals surface area contributed by atoms with E-state index in [0.29, 0.717) is 5.13 Å². The summed E-state index contributed by atoms with van der Waals surface area (Å²) < 4.78 is 0. The van der Waals surface area contributed by atoms with Crippen molar-refractivity contribution in [1.29, 1.82) is 0 Å². The highest BCUT2D eigenvalue weighted by atomic mass is 35.5. The number of thiazole rings is 1. The number of nitro benzene ring substituents is 1. The third-order valence-corrected chi connectivity index (χ3v) is 6.15. The van der Waals surface area contributed by atoms with Gasteiger partial charge >= 0.3 is 0 Å². The predicted molar refractivity (Wildman–Crippen MR) is 107 cm³/mol. The Kier molecular flexibility index (Phi) is 6.08. The van der Waals surface area contributed by atoms with Crippen LogP contribution in [-0.2, 0) is 6.54 Å². The molecule has 144 valence electrons. The summed E-state index contributed by atoms with van der Waals surface area (Å²) in [6, 6.07) is 3.79. The van der Waals surface area contributed by atoms with Crippen LogP contribution in [0.1, 0.15) is 40.7 Å². The van der Waals surface area contributed by atoms with E-state index in [4.69, 9.17) is 11.6 Å². The highest BCUT2D eigenvalue weighted by molar-refractivity contribution is 7.15. The number of anilines is 1. The molecular weight excluding hydrogens is 388 g/mol. The van der Waals surface area contributed by atoms with Crippen LogP contribution >= 0.6 is 22.9 Å². The Morgan fingerprint density at radius 1 is 1.44 bits per heavy atom. The first-order chi connectivity index (χ1) is 12.8. The molecule has 3 rings (SSSR count). The number of nitro groups is 1. The smallest absolute Gasteiger partial charge is 0.270 e. The topological polar surface area (TPSA) is 88.4 Å². The van der Waals surface area contributed by atoms with Crippen LogP contribution in [0.3, 0.4) is 0 Å². The fourth-order valence-electron chi connectivity index (χ4n) is 3.02. The lowest BCUT2D eigenvalue weighted by Gasteiger charge is -2.29. The Bertz CT molecular complexity index is 862. The van der Waals surface area contributed by atoms with E-state index in [0.717, 1.165) is 36.1 Å². The number of nitrogens with zero attached hydrogens (tertiary/aromatic N) is 3. The Labute approximate surface area is 166 Å². The van der Waals surface area contributed by atoms with Crippen molar-refractivity contribution in [2.24, 2.45) is 5.92 Å². The summed E-state index contributed by atoms with van der Waals surface area (Å²) in [6.45, 7) is 7.17. The second-order valence-corrected chi connectivity index (χ2v) is 8.35. The predicted octanol–water partition coefficient (Wildman–Crippen LogP) is 4.50. The molecular formula is C18H21ClN4O3S. The Balaban J connectivity index is 1.70. The zero-order valence-corrected chi connectivity index (χ0v) is 16.8. The second kappa shape index (κ2) is 8.33. The molecule has 27 heavy (non-hydrogen) atoms. The summed E-state index contributed by atoms with van der Waals surface area (Å²) in [5.41, 5.74) is 0.768. The first-order valence-corrected chi connectivity index (χ1v) is 9.97. The van der Waals surface area contributed by atoms with Crippen LogP contribution in [-0.4, -0.2) is 33.8 Å². The molecule has 1 aliphatic rings. The molecule has 2 aromatic rings. The molecule has 1 aromatic carbocycles. The number of hydrogen-bond donors (Lipinski definition) is 1. The third kappa shape index (κ3) is 4.82. The van der Waals surface area contributed by atoms with E-state index in [1.54, 1.807) is 0 Å². The van der Waals surface area contributed by atoms with E-state index >= 15 is 0 Å². The molecule has 0 spiro atoms. The van der Waals surface area contributed by atoms with Crippen molar-refractivity contribution in [3.8, 4) is 0 Å². The van der Waals surface area contributed by atoms with Gasteiger partial charge in [-0.3, -0.25) is 25.1 Å². The van der Waals surface area contributed by atoms with Crippen LogP contribution in [0.25, 0.3) is 0 Å². The van der Waals surface area contributed by atoms with E-state index in [2.05, 4.69) is 22.1 Å². The number of rotatable bonds is 5. The molecule has 0 bridgehead atoms. The van der Waals surface area contributed by atoms with E-state index in [1.165, 1.54) is 42.4 Å². The first-order valence-electron chi connectivity index (χ1n) is 8.77. The van der Waals surface area contributed by atoms with Crippen molar-refractivity contribution < 1.29 is 9.72 Å². The number of carbonyl (C=O) groups excluding carboxylic acids is 1. The fraction of sp³-hybridized carbons (Fsp3) is 0.444. The summed E-state index contributed by atoms with van der Waals surface area (Å²) in [5.74, 6) is 0.272. The van der Waals surface area contributed by atoms with Gasteiger partial charge in [0, 0.05) is 23.6 Å². The molecule has 9 heteroatoms. The summed E-state index contributed by atoms with van der Waals surface area (Å²) >= 11 is 7.46. The van der Waals surface area contributed by atoms with Crippen LogP contribution in [0, 0.1) is 23.0 Å². The maximum atomic E-state index is 12.5. The average molecular weight is 409 g/mol. The number of likely N-dealkylation sites (tertiary alicyclic amines) is 1. The van der Waals surface area contributed by atoms with Gasteiger partial charge in [0.25, 0.3) is 11.6 Å². The third-order valence-electron chi connectivity index (χ3n) is 4.76. The molecule has 1 aliphatic heterocycles. The molecule has 1 fully saturated rings. The van der Waals surface area contributed by atoms with Crippen LogP contribution in [0.2, 0.25) is 5.02 Å². The van der Waals surface area contributed by atoms with Gasteiger partial charge in [0.15, 0.2) is 5.13 Å². The Morgan fingerprint density at radius 2 is 2.15 bits per heavy atom. The van der Waals surface area contributed by atoms with Crippen molar-refractivity contribution >= 4 is 39.7 Å². The van der Waals surface area contributed by atoms with Gasteiger partial charge < -0.3 is 0 Å². The van der Waals surface area contributed by atoms with Crippen molar-refractivity contribution in [2.75, 3.05) is 18.4 Å².